The number of ketones is 1. The van der Waals surface area contributed by atoms with Crippen molar-refractivity contribution in [3.8, 4) is 0 Å². The third-order valence-corrected chi connectivity index (χ3v) is 2.81. The van der Waals surface area contributed by atoms with Crippen molar-refractivity contribution in [3.05, 3.63) is 0 Å². The van der Waals surface area contributed by atoms with Crippen molar-refractivity contribution >= 4 is 27.6 Å². The summed E-state index contributed by atoms with van der Waals surface area (Å²) < 4.78 is 15.1. The maximum Gasteiger partial charge on any atom is 0.668 e. The lowest BCUT2D eigenvalue weighted by Gasteiger charge is -2.02. The van der Waals surface area contributed by atoms with Crippen LogP contribution in [0.5, 0.6) is 0 Å². The van der Waals surface area contributed by atoms with E-state index < -0.39 is 5.97 Å². The second kappa shape index (κ2) is 18.6. The normalized spacial score (nSPS) is 9.40. The highest BCUT2D eigenvalue weighted by atomic mass is 27.2. The molecule has 0 aliphatic heterocycles. The fourth-order valence-electron chi connectivity index (χ4n) is 1.01. The summed E-state index contributed by atoms with van der Waals surface area (Å²) >= 11 is -0.189. The van der Waals surface area contributed by atoms with Crippen LogP contribution < -0.4 is 0 Å². The molecule has 0 amide bonds. The van der Waals surface area contributed by atoms with Crippen LogP contribution in [0.25, 0.3) is 0 Å². The number of Topliss-reactive ketones (excluding diaryl/α,β-unsaturated/α-hetero) is 1. The molecular formula is C14H28AlO5. The molecular weight excluding hydrogens is 275 g/mol. The molecule has 0 aromatic heterocycles. The zero-order valence-electron chi connectivity index (χ0n) is 13.3. The van der Waals surface area contributed by atoms with E-state index in [-0.39, 0.29) is 28.1 Å². The second-order valence-electron chi connectivity index (χ2n) is 4.23. The number of rotatable bonds is 11. The first-order chi connectivity index (χ1) is 9.58. The lowest BCUT2D eigenvalue weighted by Crippen LogP contribution is -2.07. The van der Waals surface area contributed by atoms with Crippen LogP contribution in [0.2, 0.25) is 0 Å². The van der Waals surface area contributed by atoms with E-state index in [1.165, 1.54) is 19.8 Å². The molecule has 0 saturated heterocycles. The molecule has 0 atom stereocenters. The van der Waals surface area contributed by atoms with E-state index in [0.717, 1.165) is 26.1 Å². The summed E-state index contributed by atoms with van der Waals surface area (Å²) in [6, 6.07) is 0. The Morgan fingerprint density at radius 2 is 1.45 bits per heavy atom. The Balaban J connectivity index is 0. The zero-order valence-corrected chi connectivity index (χ0v) is 14.4. The van der Waals surface area contributed by atoms with E-state index in [0.29, 0.717) is 6.61 Å². The highest BCUT2D eigenvalue weighted by Crippen LogP contribution is 1.89. The number of hydrogen-bond donors (Lipinski definition) is 0. The van der Waals surface area contributed by atoms with Gasteiger partial charge in [-0.05, 0) is 26.7 Å². The van der Waals surface area contributed by atoms with Gasteiger partial charge in [0, 0.05) is 13.2 Å². The van der Waals surface area contributed by atoms with Crippen molar-refractivity contribution in [2.45, 2.75) is 59.8 Å². The smallest absolute Gasteiger partial charge is 0.484 e. The Labute approximate surface area is 129 Å². The van der Waals surface area contributed by atoms with Gasteiger partial charge in [-0.15, -0.1) is 0 Å². The summed E-state index contributed by atoms with van der Waals surface area (Å²) in [5, 5.41) is 0. The van der Waals surface area contributed by atoms with Crippen molar-refractivity contribution in [1.29, 1.82) is 0 Å². The summed E-state index contributed by atoms with van der Waals surface area (Å²) in [6.07, 6.45) is 4.62. The average Bonchev–Trinajstić information content (AvgIpc) is 2.38. The number of carbonyl (C=O) groups is 2. The Morgan fingerprint density at radius 1 is 0.950 bits per heavy atom. The predicted octanol–water partition coefficient (Wildman–Crippen LogP) is 2.68. The fraction of sp³-hybridized carbons (Fsp3) is 0.857. The molecule has 0 aromatic carbocycles. The van der Waals surface area contributed by atoms with E-state index in [4.69, 9.17) is 7.58 Å². The van der Waals surface area contributed by atoms with E-state index >= 15 is 0 Å². The van der Waals surface area contributed by atoms with E-state index in [9.17, 15) is 9.59 Å². The van der Waals surface area contributed by atoms with Crippen LogP contribution in [-0.2, 0) is 21.9 Å². The minimum absolute atomic E-state index is 0.103. The Kier molecular flexibility index (Phi) is 20.3. The van der Waals surface area contributed by atoms with E-state index in [1.807, 2.05) is 0 Å². The average molecular weight is 303 g/mol. The Bertz CT molecular complexity index is 226. The van der Waals surface area contributed by atoms with Gasteiger partial charge < -0.3 is 12.3 Å². The van der Waals surface area contributed by atoms with Gasteiger partial charge >= 0.3 is 21.9 Å². The van der Waals surface area contributed by atoms with Gasteiger partial charge in [0.1, 0.15) is 12.2 Å². The SMILES string of the molecule is CCCC[O][Al][O]CCCC.CCOC(=O)CC(C)=O. The van der Waals surface area contributed by atoms with Crippen LogP contribution >= 0.6 is 0 Å². The van der Waals surface area contributed by atoms with Crippen LogP contribution in [0.15, 0.2) is 0 Å². The number of ether oxygens (including phenoxy) is 1. The summed E-state index contributed by atoms with van der Waals surface area (Å²) in [5.74, 6) is -0.599. The van der Waals surface area contributed by atoms with Crippen LogP contribution in [0.4, 0.5) is 0 Å². The summed E-state index contributed by atoms with van der Waals surface area (Å²) in [4.78, 5) is 20.6. The predicted molar refractivity (Wildman–Crippen MR) is 79.4 cm³/mol. The number of carbonyl (C=O) groups excluding carboxylic acids is 2. The Hall–Kier alpha value is -0.408. The molecule has 0 saturated carbocycles. The lowest BCUT2D eigenvalue weighted by molar-refractivity contribution is -0.145. The first-order valence-corrected chi connectivity index (χ1v) is 8.22. The standard InChI is InChI=1S/C6H10O3.2C4H9O.Al/c1-3-9-6(8)4-5(2)7;2*1-2-3-4-5;/h3-4H2,1-2H3;2*2-4H2,1H3;/q;2*-1;+2. The molecule has 0 N–H and O–H groups in total. The fourth-order valence-corrected chi connectivity index (χ4v) is 1.64. The molecule has 1 radical (unpaired) electrons. The second-order valence-corrected chi connectivity index (χ2v) is 5.09. The lowest BCUT2D eigenvalue weighted by atomic mass is 10.3. The first-order valence-electron chi connectivity index (χ1n) is 7.28. The molecule has 0 aliphatic carbocycles. The van der Waals surface area contributed by atoms with Gasteiger partial charge in [0.15, 0.2) is 0 Å². The molecule has 20 heavy (non-hydrogen) atoms. The molecule has 0 bridgehead atoms. The van der Waals surface area contributed by atoms with Crippen molar-refractivity contribution in [2.24, 2.45) is 0 Å². The molecule has 0 heterocycles. The van der Waals surface area contributed by atoms with Gasteiger partial charge in [-0.2, -0.15) is 0 Å². The van der Waals surface area contributed by atoms with Crippen molar-refractivity contribution in [2.75, 3.05) is 19.8 Å². The minimum atomic E-state index is -0.440. The summed E-state index contributed by atoms with van der Waals surface area (Å²) in [5.41, 5.74) is 0. The van der Waals surface area contributed by atoms with Gasteiger partial charge in [-0.25, -0.2) is 0 Å². The molecule has 0 rings (SSSR count). The largest absolute Gasteiger partial charge is 0.668 e. The van der Waals surface area contributed by atoms with E-state index in [2.05, 4.69) is 18.6 Å². The number of esters is 1. The quantitative estimate of drug-likeness (QED) is 0.254. The third kappa shape index (κ3) is 22.7. The molecule has 0 aromatic rings. The van der Waals surface area contributed by atoms with Crippen LogP contribution in [0.3, 0.4) is 0 Å². The Morgan fingerprint density at radius 3 is 1.80 bits per heavy atom. The number of hydrogen-bond acceptors (Lipinski definition) is 5. The maximum atomic E-state index is 10.4. The van der Waals surface area contributed by atoms with E-state index in [1.54, 1.807) is 6.92 Å². The van der Waals surface area contributed by atoms with Gasteiger partial charge in [0.05, 0.1) is 6.61 Å². The molecule has 6 heteroatoms. The highest BCUT2D eigenvalue weighted by Gasteiger charge is 2.03. The van der Waals surface area contributed by atoms with Gasteiger partial charge in [-0.1, -0.05) is 26.7 Å². The van der Waals surface area contributed by atoms with Gasteiger partial charge in [-0.3, -0.25) is 9.59 Å². The topological polar surface area (TPSA) is 61.8 Å². The molecule has 0 unspecified atom stereocenters. The summed E-state index contributed by atoms with van der Waals surface area (Å²) in [6.45, 7) is 9.48. The van der Waals surface area contributed by atoms with Crippen LogP contribution in [0, 0.1) is 0 Å². The highest BCUT2D eigenvalue weighted by molar-refractivity contribution is 6.17. The maximum absolute atomic E-state index is 10.4. The van der Waals surface area contributed by atoms with Gasteiger partial charge in [0.2, 0.25) is 0 Å². The molecule has 0 fully saturated rings. The van der Waals surface area contributed by atoms with Crippen molar-refractivity contribution < 1.29 is 21.9 Å². The molecule has 0 aliphatic rings. The monoisotopic (exact) mass is 303 g/mol. The van der Waals surface area contributed by atoms with Crippen molar-refractivity contribution in [3.63, 3.8) is 0 Å². The van der Waals surface area contributed by atoms with Crippen LogP contribution in [-0.4, -0.2) is 47.5 Å². The molecule has 117 valence electrons. The summed E-state index contributed by atoms with van der Waals surface area (Å²) in [7, 11) is 0. The first kappa shape index (κ1) is 21.9. The van der Waals surface area contributed by atoms with Crippen molar-refractivity contribution in [1.82, 2.24) is 0 Å². The minimum Gasteiger partial charge on any atom is -0.484 e. The molecule has 0 spiro atoms. The number of unbranched alkanes of at least 4 members (excludes halogenated alkanes) is 2. The van der Waals surface area contributed by atoms with Gasteiger partial charge in [0.25, 0.3) is 0 Å². The third-order valence-electron chi connectivity index (χ3n) is 2.07. The molecule has 5 nitrogen and oxygen atoms in total. The van der Waals surface area contributed by atoms with Crippen LogP contribution in [0.1, 0.15) is 59.8 Å². The zero-order chi connectivity index (χ0) is 15.6.